The maximum atomic E-state index is 13.5. The highest BCUT2D eigenvalue weighted by atomic mass is 35.5. The van der Waals surface area contributed by atoms with Crippen molar-refractivity contribution in [3.05, 3.63) is 87.6 Å². The monoisotopic (exact) mass is 507 g/mol. The van der Waals surface area contributed by atoms with Gasteiger partial charge in [-0.1, -0.05) is 41.4 Å². The van der Waals surface area contributed by atoms with Gasteiger partial charge in [0.2, 0.25) is 0 Å². The molecule has 0 saturated carbocycles. The predicted octanol–water partition coefficient (Wildman–Crippen LogP) is 6.91. The van der Waals surface area contributed by atoms with Crippen LogP contribution in [0.2, 0.25) is 10.0 Å². The van der Waals surface area contributed by atoms with E-state index >= 15 is 0 Å². The molecule has 32 heavy (non-hydrogen) atoms. The van der Waals surface area contributed by atoms with Crippen LogP contribution in [0.4, 0.5) is 4.39 Å². The standard InChI is InChI=1S/C23H16Cl2FNO3S2/c1-32(28,29)20-5-3-2-4-19(20)23-22(14-6-8-17(26)9-7-14)27-21(31-23)13-30-18-11-15(24)10-16(25)12-18/h2-12H,13H2,1H3. The molecule has 3 aromatic carbocycles. The number of thiazole rings is 1. The number of benzene rings is 3. The van der Waals surface area contributed by atoms with Gasteiger partial charge in [-0.2, -0.15) is 0 Å². The van der Waals surface area contributed by atoms with Crippen molar-refractivity contribution < 1.29 is 17.5 Å². The maximum absolute atomic E-state index is 13.5. The van der Waals surface area contributed by atoms with E-state index in [0.29, 0.717) is 42.5 Å². The predicted molar refractivity (Wildman–Crippen MR) is 127 cm³/mol. The Morgan fingerprint density at radius 1 is 1.00 bits per heavy atom. The first kappa shape index (κ1) is 22.7. The average molecular weight is 508 g/mol. The molecule has 4 rings (SSSR count). The molecule has 0 unspecified atom stereocenters. The van der Waals surface area contributed by atoms with Gasteiger partial charge < -0.3 is 4.74 Å². The van der Waals surface area contributed by atoms with Gasteiger partial charge in [0.25, 0.3) is 0 Å². The largest absolute Gasteiger partial charge is 0.486 e. The summed E-state index contributed by atoms with van der Waals surface area (Å²) in [5.41, 5.74) is 1.75. The minimum Gasteiger partial charge on any atom is -0.486 e. The van der Waals surface area contributed by atoms with E-state index in [1.807, 2.05) is 0 Å². The fourth-order valence-corrected chi connectivity index (χ4v) is 5.65. The fraction of sp³-hybridized carbons (Fsp3) is 0.0870. The third-order valence-corrected chi connectivity index (χ3v) is 7.17. The summed E-state index contributed by atoms with van der Waals surface area (Å²) in [4.78, 5) is 5.53. The molecule has 0 radical (unpaired) electrons. The van der Waals surface area contributed by atoms with E-state index in [4.69, 9.17) is 27.9 Å². The van der Waals surface area contributed by atoms with Gasteiger partial charge in [-0.3, -0.25) is 0 Å². The van der Waals surface area contributed by atoms with Gasteiger partial charge in [-0.05, 0) is 48.5 Å². The van der Waals surface area contributed by atoms with Crippen molar-refractivity contribution in [3.63, 3.8) is 0 Å². The van der Waals surface area contributed by atoms with Crippen molar-refractivity contribution in [2.45, 2.75) is 11.5 Å². The molecule has 0 saturated heterocycles. The first-order valence-electron chi connectivity index (χ1n) is 9.35. The van der Waals surface area contributed by atoms with Crippen molar-refractivity contribution in [2.24, 2.45) is 0 Å². The molecule has 0 aliphatic carbocycles. The average Bonchev–Trinajstić information content (AvgIpc) is 3.16. The van der Waals surface area contributed by atoms with Gasteiger partial charge in [0, 0.05) is 27.4 Å². The van der Waals surface area contributed by atoms with Crippen LogP contribution in [-0.2, 0) is 16.4 Å². The molecule has 0 spiro atoms. The zero-order chi connectivity index (χ0) is 22.9. The normalized spacial score (nSPS) is 11.5. The molecule has 0 aliphatic heterocycles. The van der Waals surface area contributed by atoms with Crippen LogP contribution in [0.3, 0.4) is 0 Å². The Hall–Kier alpha value is -2.45. The van der Waals surface area contributed by atoms with Crippen LogP contribution >= 0.6 is 34.5 Å². The third kappa shape index (κ3) is 5.13. The summed E-state index contributed by atoms with van der Waals surface area (Å²) in [6, 6.07) is 17.5. The summed E-state index contributed by atoms with van der Waals surface area (Å²) in [5.74, 6) is 0.113. The highest BCUT2D eigenvalue weighted by Gasteiger charge is 2.21. The Labute approximate surface area is 199 Å². The van der Waals surface area contributed by atoms with Crippen molar-refractivity contribution in [1.82, 2.24) is 4.98 Å². The summed E-state index contributed by atoms with van der Waals surface area (Å²) >= 11 is 13.4. The summed E-state index contributed by atoms with van der Waals surface area (Å²) < 4.78 is 44.1. The van der Waals surface area contributed by atoms with Gasteiger partial charge in [-0.15, -0.1) is 11.3 Å². The molecule has 9 heteroatoms. The van der Waals surface area contributed by atoms with Gasteiger partial charge in [0.1, 0.15) is 23.2 Å². The molecule has 4 nitrogen and oxygen atoms in total. The lowest BCUT2D eigenvalue weighted by molar-refractivity contribution is 0.305. The van der Waals surface area contributed by atoms with E-state index in [-0.39, 0.29) is 17.3 Å². The zero-order valence-electron chi connectivity index (χ0n) is 16.7. The molecule has 1 heterocycles. The van der Waals surface area contributed by atoms with Crippen LogP contribution in [0, 0.1) is 5.82 Å². The van der Waals surface area contributed by atoms with Crippen LogP contribution in [0.15, 0.2) is 71.6 Å². The Morgan fingerprint density at radius 2 is 1.66 bits per heavy atom. The van der Waals surface area contributed by atoms with Crippen LogP contribution in [0.25, 0.3) is 21.7 Å². The maximum Gasteiger partial charge on any atom is 0.176 e. The van der Waals surface area contributed by atoms with Crippen molar-refractivity contribution in [3.8, 4) is 27.4 Å². The van der Waals surface area contributed by atoms with E-state index < -0.39 is 9.84 Å². The molecule has 0 N–H and O–H groups in total. The number of ether oxygens (including phenoxy) is 1. The van der Waals surface area contributed by atoms with E-state index in [1.165, 1.54) is 23.5 Å². The molecule has 0 aliphatic rings. The molecule has 0 amide bonds. The second kappa shape index (κ2) is 9.19. The molecule has 164 valence electrons. The van der Waals surface area contributed by atoms with E-state index in [2.05, 4.69) is 4.98 Å². The number of rotatable bonds is 6. The number of aromatic nitrogens is 1. The van der Waals surface area contributed by atoms with E-state index in [0.717, 1.165) is 6.26 Å². The van der Waals surface area contributed by atoms with Gasteiger partial charge in [0.15, 0.2) is 9.84 Å². The van der Waals surface area contributed by atoms with Crippen LogP contribution in [-0.4, -0.2) is 19.7 Å². The molecule has 0 atom stereocenters. The van der Waals surface area contributed by atoms with E-state index in [1.54, 1.807) is 54.6 Å². The van der Waals surface area contributed by atoms with Crippen LogP contribution < -0.4 is 4.74 Å². The van der Waals surface area contributed by atoms with Crippen LogP contribution in [0.5, 0.6) is 5.75 Å². The molecule has 0 fully saturated rings. The number of hydrogen-bond acceptors (Lipinski definition) is 5. The second-order valence-corrected chi connectivity index (χ2v) is 10.9. The van der Waals surface area contributed by atoms with Gasteiger partial charge >= 0.3 is 0 Å². The second-order valence-electron chi connectivity index (χ2n) is 6.95. The lowest BCUT2D eigenvalue weighted by atomic mass is 10.1. The number of sulfone groups is 1. The lowest BCUT2D eigenvalue weighted by Crippen LogP contribution is -1.99. The zero-order valence-corrected chi connectivity index (χ0v) is 19.8. The first-order chi connectivity index (χ1) is 15.2. The quantitative estimate of drug-likeness (QED) is 0.284. The Kier molecular flexibility index (Phi) is 6.53. The SMILES string of the molecule is CS(=O)(=O)c1ccccc1-c1sc(COc2cc(Cl)cc(Cl)c2)nc1-c1ccc(F)cc1. The minimum absolute atomic E-state index is 0.122. The topological polar surface area (TPSA) is 56.3 Å². The third-order valence-electron chi connectivity index (χ3n) is 4.52. The Bertz CT molecular complexity index is 1370. The van der Waals surface area contributed by atoms with Crippen molar-refractivity contribution >= 4 is 44.4 Å². The first-order valence-corrected chi connectivity index (χ1v) is 12.8. The number of nitrogens with zero attached hydrogens (tertiary/aromatic N) is 1. The highest BCUT2D eigenvalue weighted by molar-refractivity contribution is 7.90. The highest BCUT2D eigenvalue weighted by Crippen LogP contribution is 2.40. The molecular weight excluding hydrogens is 492 g/mol. The molecular formula is C23H16Cl2FNO3S2. The fourth-order valence-electron chi connectivity index (χ4n) is 3.15. The summed E-state index contributed by atoms with van der Waals surface area (Å²) in [6.45, 7) is 0.122. The summed E-state index contributed by atoms with van der Waals surface area (Å²) in [7, 11) is -3.48. The minimum atomic E-state index is -3.48. The van der Waals surface area contributed by atoms with Crippen molar-refractivity contribution in [2.75, 3.05) is 6.26 Å². The Balaban J connectivity index is 1.79. The number of hydrogen-bond donors (Lipinski definition) is 0. The van der Waals surface area contributed by atoms with Crippen molar-refractivity contribution in [1.29, 1.82) is 0 Å². The molecule has 1 aromatic heterocycles. The van der Waals surface area contributed by atoms with Gasteiger partial charge in [-0.25, -0.2) is 17.8 Å². The molecule has 4 aromatic rings. The summed E-state index contributed by atoms with van der Waals surface area (Å²) in [6.07, 6.45) is 1.16. The van der Waals surface area contributed by atoms with Crippen LogP contribution in [0.1, 0.15) is 5.01 Å². The molecule has 0 bridgehead atoms. The smallest absolute Gasteiger partial charge is 0.176 e. The lowest BCUT2D eigenvalue weighted by Gasteiger charge is -2.08. The van der Waals surface area contributed by atoms with E-state index in [9.17, 15) is 12.8 Å². The Morgan fingerprint density at radius 3 is 2.31 bits per heavy atom. The summed E-state index contributed by atoms with van der Waals surface area (Å²) in [5, 5.41) is 1.50. The van der Waals surface area contributed by atoms with Gasteiger partial charge in [0.05, 0.1) is 15.5 Å². The number of halogens is 3.